The quantitative estimate of drug-likeness (QED) is 0.243. The molecule has 5 heterocycles. The predicted molar refractivity (Wildman–Crippen MR) is 121 cm³/mol. The Morgan fingerprint density at radius 1 is 0.774 bits per heavy atom. The van der Waals surface area contributed by atoms with Crippen molar-refractivity contribution >= 4 is 46.4 Å². The number of aromatic amines is 2. The molecule has 3 aromatic rings. The van der Waals surface area contributed by atoms with E-state index < -0.39 is 5.85 Å². The molecule has 0 unspecified atom stereocenters. The molecule has 0 saturated heterocycles. The zero-order valence-corrected chi connectivity index (χ0v) is 18.1. The van der Waals surface area contributed by atoms with Crippen molar-refractivity contribution in [3.63, 3.8) is 0 Å². The van der Waals surface area contributed by atoms with Gasteiger partial charge in [-0.15, -0.1) is 0 Å². The van der Waals surface area contributed by atoms with E-state index in [4.69, 9.17) is 16.2 Å². The van der Waals surface area contributed by atoms with Gasteiger partial charge in [0.05, 0.1) is 28.3 Å². The van der Waals surface area contributed by atoms with Crippen LogP contribution in [-0.2, 0) is 17.1 Å². The minimum atomic E-state index is -1.26. The number of nitrogens with zero attached hydrogens (tertiary/aromatic N) is 2. The van der Waals surface area contributed by atoms with Gasteiger partial charge >= 0.3 is 0 Å². The molecule has 0 aliphatic carbocycles. The fraction of sp³-hybridized carbons (Fsp3) is 0.130. The van der Waals surface area contributed by atoms with E-state index in [-0.39, 0.29) is 17.1 Å². The first kappa shape index (κ1) is 21.1. The van der Waals surface area contributed by atoms with Crippen molar-refractivity contribution in [3.05, 3.63) is 65.2 Å². The van der Waals surface area contributed by atoms with Crippen LogP contribution in [-0.4, -0.2) is 25.8 Å². The van der Waals surface area contributed by atoms with Gasteiger partial charge in [-0.25, -0.2) is 9.97 Å². The standard InChI is InChI=1S/C23H22N6O.Mn/c1-2-23(24,25)30-22-13-20-11-18-6-5-16(27-18)9-14-3-4-15(26-14)10-17-7-8-19(28-17)12-21(22)29-20;/h3-13,27,29H,2,24-25H2,1H3;. The van der Waals surface area contributed by atoms with E-state index in [1.807, 2.05) is 73.7 Å². The van der Waals surface area contributed by atoms with Crippen LogP contribution in [0.25, 0.3) is 46.4 Å². The van der Waals surface area contributed by atoms with E-state index in [1.165, 1.54) is 0 Å². The van der Waals surface area contributed by atoms with Gasteiger partial charge in [0.15, 0.2) is 0 Å². The van der Waals surface area contributed by atoms with Crippen molar-refractivity contribution in [2.45, 2.75) is 19.2 Å². The summed E-state index contributed by atoms with van der Waals surface area (Å²) >= 11 is 0. The molecule has 157 valence electrons. The first-order valence-corrected chi connectivity index (χ1v) is 9.81. The Bertz CT molecular complexity index is 1350. The summed E-state index contributed by atoms with van der Waals surface area (Å²) in [6.45, 7) is 1.88. The topological polar surface area (TPSA) is 119 Å². The summed E-state index contributed by atoms with van der Waals surface area (Å²) < 4.78 is 5.89. The second-order valence-electron chi connectivity index (χ2n) is 7.45. The fourth-order valence-electron chi connectivity index (χ4n) is 3.35. The van der Waals surface area contributed by atoms with E-state index in [2.05, 4.69) is 19.9 Å². The molecule has 0 atom stereocenters. The van der Waals surface area contributed by atoms with Gasteiger partial charge in [0.2, 0.25) is 5.85 Å². The molecule has 8 heteroatoms. The Hall–Kier alpha value is -3.16. The Morgan fingerprint density at radius 2 is 1.35 bits per heavy atom. The molecule has 0 saturated carbocycles. The molecular formula is C23H22MnN6O. The second-order valence-corrected chi connectivity index (χ2v) is 7.45. The molecule has 0 amide bonds. The van der Waals surface area contributed by atoms with Crippen molar-refractivity contribution in [2.24, 2.45) is 11.5 Å². The molecule has 8 bridgehead atoms. The maximum atomic E-state index is 6.04. The molecular weight excluding hydrogens is 431 g/mol. The molecule has 3 aromatic heterocycles. The number of nitrogens with two attached hydrogens (primary N) is 2. The number of fused-ring (bicyclic) bond motifs is 8. The molecule has 7 nitrogen and oxygen atoms in total. The van der Waals surface area contributed by atoms with E-state index in [0.717, 1.165) is 44.8 Å². The normalized spacial score (nSPS) is 12.6. The zero-order valence-electron chi connectivity index (χ0n) is 16.9. The molecule has 1 radical (unpaired) electrons. The van der Waals surface area contributed by atoms with E-state index in [1.54, 1.807) is 0 Å². The maximum Gasteiger partial charge on any atom is 0.212 e. The number of nitrogens with one attached hydrogen (secondary N) is 2. The minimum Gasteiger partial charge on any atom is -0.458 e. The third-order valence-corrected chi connectivity index (χ3v) is 4.98. The average molecular weight is 453 g/mol. The summed E-state index contributed by atoms with van der Waals surface area (Å²) in [5.41, 5.74) is 19.0. The second kappa shape index (κ2) is 8.17. The predicted octanol–water partition coefficient (Wildman–Crippen LogP) is 4.01. The monoisotopic (exact) mass is 453 g/mol. The Labute approximate surface area is 189 Å². The largest absolute Gasteiger partial charge is 0.458 e. The Morgan fingerprint density at radius 3 is 2.00 bits per heavy atom. The van der Waals surface area contributed by atoms with Gasteiger partial charge in [-0.2, -0.15) is 0 Å². The number of ether oxygens (including phenoxy) is 1. The van der Waals surface area contributed by atoms with Crippen molar-refractivity contribution in [1.82, 2.24) is 19.9 Å². The van der Waals surface area contributed by atoms with Gasteiger partial charge in [0, 0.05) is 46.1 Å². The van der Waals surface area contributed by atoms with Gasteiger partial charge in [-0.3, -0.25) is 11.5 Å². The van der Waals surface area contributed by atoms with Gasteiger partial charge in [-0.05, 0) is 60.7 Å². The zero-order chi connectivity index (χ0) is 20.7. The van der Waals surface area contributed by atoms with E-state index >= 15 is 0 Å². The van der Waals surface area contributed by atoms with Crippen LogP contribution in [0.5, 0.6) is 5.75 Å². The van der Waals surface area contributed by atoms with Crippen LogP contribution in [0.4, 0.5) is 0 Å². The molecule has 2 aliphatic rings. The van der Waals surface area contributed by atoms with Crippen LogP contribution >= 0.6 is 0 Å². The number of H-pyrrole nitrogens is 2. The van der Waals surface area contributed by atoms with E-state index in [0.29, 0.717) is 12.2 Å². The minimum absolute atomic E-state index is 0. The van der Waals surface area contributed by atoms with Crippen LogP contribution in [0.2, 0.25) is 0 Å². The summed E-state index contributed by atoms with van der Waals surface area (Å²) in [5.74, 6) is -0.680. The molecule has 2 aliphatic heterocycles. The number of rotatable bonds is 3. The Kier molecular flexibility index (Phi) is 5.56. The number of hydrogen-bond acceptors (Lipinski definition) is 5. The molecule has 6 N–H and O–H groups in total. The molecule has 0 fully saturated rings. The van der Waals surface area contributed by atoms with Gasteiger partial charge in [-0.1, -0.05) is 6.92 Å². The third kappa shape index (κ3) is 4.62. The van der Waals surface area contributed by atoms with Crippen molar-refractivity contribution < 1.29 is 21.8 Å². The summed E-state index contributed by atoms with van der Waals surface area (Å²) in [6, 6.07) is 13.8. The first-order chi connectivity index (χ1) is 14.5. The van der Waals surface area contributed by atoms with Crippen LogP contribution < -0.4 is 16.2 Å². The van der Waals surface area contributed by atoms with Crippen LogP contribution in [0.15, 0.2) is 42.5 Å². The van der Waals surface area contributed by atoms with Crippen LogP contribution in [0.1, 0.15) is 36.1 Å². The number of hydrogen-bond donors (Lipinski definition) is 4. The van der Waals surface area contributed by atoms with Gasteiger partial charge < -0.3 is 14.7 Å². The van der Waals surface area contributed by atoms with Crippen molar-refractivity contribution in [2.75, 3.05) is 0 Å². The third-order valence-electron chi connectivity index (χ3n) is 4.98. The summed E-state index contributed by atoms with van der Waals surface area (Å²) in [4.78, 5) is 16.0. The number of aromatic nitrogens is 4. The maximum absolute atomic E-state index is 6.04. The molecule has 0 spiro atoms. The summed E-state index contributed by atoms with van der Waals surface area (Å²) in [6.07, 6.45) is 8.34. The first-order valence-electron chi connectivity index (χ1n) is 9.81. The van der Waals surface area contributed by atoms with E-state index in [9.17, 15) is 0 Å². The van der Waals surface area contributed by atoms with Crippen molar-refractivity contribution in [1.29, 1.82) is 0 Å². The smallest absolute Gasteiger partial charge is 0.212 e. The summed E-state index contributed by atoms with van der Waals surface area (Å²) in [5, 5.41) is 0. The SMILES string of the molecule is CCC(N)(N)Oc1cc2cc3ccc(cc4nc(cc5nc(cc1[nH]2)C=C5)C=C4)[nH]3.[Mn]. The summed E-state index contributed by atoms with van der Waals surface area (Å²) in [7, 11) is 0. The van der Waals surface area contributed by atoms with Gasteiger partial charge in [0.1, 0.15) is 5.75 Å². The molecule has 5 rings (SSSR count). The van der Waals surface area contributed by atoms with Crippen LogP contribution in [0.3, 0.4) is 0 Å². The fourth-order valence-corrected chi connectivity index (χ4v) is 3.35. The van der Waals surface area contributed by atoms with Gasteiger partial charge in [0.25, 0.3) is 0 Å². The van der Waals surface area contributed by atoms with Crippen LogP contribution in [0, 0.1) is 0 Å². The Balaban J connectivity index is 0.00000231. The molecule has 0 aromatic carbocycles. The van der Waals surface area contributed by atoms with Crippen molar-refractivity contribution in [3.8, 4) is 5.75 Å². The molecule has 31 heavy (non-hydrogen) atoms. The average Bonchev–Trinajstić information content (AvgIpc) is 3.47.